The van der Waals surface area contributed by atoms with Gasteiger partial charge in [-0.2, -0.15) is 0 Å². The minimum absolute atomic E-state index is 0.113. The van der Waals surface area contributed by atoms with Crippen molar-refractivity contribution in [3.8, 4) is 0 Å². The van der Waals surface area contributed by atoms with Gasteiger partial charge >= 0.3 is 11.9 Å². The zero-order valence-electron chi connectivity index (χ0n) is 13.5. The molecule has 3 atom stereocenters. The van der Waals surface area contributed by atoms with Crippen molar-refractivity contribution in [2.75, 3.05) is 6.61 Å². The van der Waals surface area contributed by atoms with Crippen LogP contribution in [0.3, 0.4) is 0 Å². The van der Waals surface area contributed by atoms with E-state index in [1.54, 1.807) is 13.1 Å². The van der Waals surface area contributed by atoms with Gasteiger partial charge in [-0.3, -0.25) is 4.79 Å². The van der Waals surface area contributed by atoms with Gasteiger partial charge in [0.25, 0.3) is 5.91 Å². The fraction of sp³-hybridized carbons (Fsp3) is 0.353. The van der Waals surface area contributed by atoms with Crippen LogP contribution < -0.4 is 5.32 Å². The van der Waals surface area contributed by atoms with E-state index in [0.717, 1.165) is 16.5 Å². The van der Waals surface area contributed by atoms with E-state index in [1.165, 1.54) is 0 Å². The number of benzene rings is 1. The number of hydrogen-bond donors (Lipinski definition) is 3. The van der Waals surface area contributed by atoms with Gasteiger partial charge in [-0.25, -0.2) is 9.59 Å². The molecule has 3 rings (SSSR count). The minimum atomic E-state index is -1.16. The molecule has 0 spiro atoms. The van der Waals surface area contributed by atoms with E-state index in [2.05, 4.69) is 10.3 Å². The maximum Gasteiger partial charge on any atom is 0.338 e. The molecule has 1 amide bonds. The summed E-state index contributed by atoms with van der Waals surface area (Å²) in [7, 11) is 0. The second-order valence-corrected chi connectivity index (χ2v) is 5.69. The summed E-state index contributed by atoms with van der Waals surface area (Å²) in [5.74, 6) is -2.41. The Morgan fingerprint density at radius 2 is 2.08 bits per heavy atom. The quantitative estimate of drug-likeness (QED) is 0.499. The topological polar surface area (TPSA) is 121 Å². The van der Waals surface area contributed by atoms with Gasteiger partial charge in [0.2, 0.25) is 0 Å². The van der Waals surface area contributed by atoms with E-state index in [4.69, 9.17) is 9.47 Å². The van der Waals surface area contributed by atoms with Gasteiger partial charge in [0, 0.05) is 23.5 Å². The van der Waals surface area contributed by atoms with Gasteiger partial charge in [-0.05, 0) is 18.6 Å². The summed E-state index contributed by atoms with van der Waals surface area (Å²) in [5.41, 5.74) is 1.67. The summed E-state index contributed by atoms with van der Waals surface area (Å²) < 4.78 is 9.76. The zero-order chi connectivity index (χ0) is 18.0. The number of carboxylic acids is 1. The number of amides is 1. The molecular formula is C17H18N2O6. The third kappa shape index (κ3) is 3.63. The lowest BCUT2D eigenvalue weighted by Crippen LogP contribution is -2.44. The van der Waals surface area contributed by atoms with Crippen LogP contribution in [0.1, 0.15) is 12.5 Å². The normalized spacial score (nSPS) is 20.0. The second kappa shape index (κ2) is 6.94. The molecule has 1 aromatic heterocycles. The average molecular weight is 346 g/mol. The van der Waals surface area contributed by atoms with Crippen molar-refractivity contribution in [3.63, 3.8) is 0 Å². The van der Waals surface area contributed by atoms with Gasteiger partial charge in [-0.1, -0.05) is 18.2 Å². The predicted octanol–water partition coefficient (Wildman–Crippen LogP) is 0.610. The van der Waals surface area contributed by atoms with E-state index in [1.807, 2.05) is 24.3 Å². The van der Waals surface area contributed by atoms with Crippen molar-refractivity contribution in [2.24, 2.45) is 0 Å². The van der Waals surface area contributed by atoms with Crippen molar-refractivity contribution in [2.45, 2.75) is 31.6 Å². The molecule has 2 aromatic rings. The van der Waals surface area contributed by atoms with Crippen molar-refractivity contribution >= 4 is 28.7 Å². The summed E-state index contributed by atoms with van der Waals surface area (Å²) in [5, 5.41) is 12.7. The number of ether oxygens (including phenoxy) is 2. The van der Waals surface area contributed by atoms with Crippen LogP contribution in [0.5, 0.6) is 0 Å². The van der Waals surface area contributed by atoms with Crippen LogP contribution in [-0.4, -0.2) is 52.8 Å². The molecule has 2 unspecified atom stereocenters. The number of aromatic amines is 1. The van der Waals surface area contributed by atoms with Crippen LogP contribution in [0, 0.1) is 0 Å². The number of epoxide rings is 1. The van der Waals surface area contributed by atoms with Crippen LogP contribution in [0.25, 0.3) is 10.9 Å². The Bertz CT molecular complexity index is 814. The molecule has 0 aliphatic carbocycles. The lowest BCUT2D eigenvalue weighted by Gasteiger charge is -2.13. The molecule has 1 saturated heterocycles. The van der Waals surface area contributed by atoms with E-state index in [-0.39, 0.29) is 13.0 Å². The fourth-order valence-corrected chi connectivity index (χ4v) is 2.69. The molecule has 1 aromatic carbocycles. The highest BCUT2D eigenvalue weighted by molar-refractivity contribution is 5.95. The van der Waals surface area contributed by atoms with E-state index in [0.29, 0.717) is 0 Å². The van der Waals surface area contributed by atoms with Gasteiger partial charge in [-0.15, -0.1) is 0 Å². The van der Waals surface area contributed by atoms with Gasteiger partial charge in [0.1, 0.15) is 6.04 Å². The molecule has 1 aliphatic rings. The van der Waals surface area contributed by atoms with Crippen molar-refractivity contribution in [3.05, 3.63) is 36.0 Å². The van der Waals surface area contributed by atoms with Gasteiger partial charge in [0.15, 0.2) is 12.2 Å². The molecule has 0 saturated carbocycles. The van der Waals surface area contributed by atoms with Crippen LogP contribution in [-0.2, 0) is 30.3 Å². The lowest BCUT2D eigenvalue weighted by atomic mass is 10.0. The molecule has 8 heteroatoms. The zero-order valence-corrected chi connectivity index (χ0v) is 13.5. The first-order valence-corrected chi connectivity index (χ1v) is 7.91. The van der Waals surface area contributed by atoms with Crippen LogP contribution in [0.15, 0.2) is 30.5 Å². The number of H-pyrrole nitrogens is 1. The Hall–Kier alpha value is -2.87. The minimum Gasteiger partial charge on any atom is -0.480 e. The number of aliphatic carboxylic acids is 1. The third-order valence-electron chi connectivity index (χ3n) is 3.98. The first-order valence-electron chi connectivity index (χ1n) is 7.91. The SMILES string of the molecule is CCOC(=O)C1OC1C(=O)N[C@@H](Cc1c[nH]c2ccccc12)C(=O)O. The number of fused-ring (bicyclic) bond motifs is 1. The number of nitrogens with one attached hydrogen (secondary N) is 2. The third-order valence-corrected chi connectivity index (χ3v) is 3.98. The van der Waals surface area contributed by atoms with Crippen LogP contribution in [0.4, 0.5) is 0 Å². The molecule has 0 bridgehead atoms. The Morgan fingerprint density at radius 1 is 1.32 bits per heavy atom. The molecule has 3 N–H and O–H groups in total. The number of rotatable bonds is 7. The van der Waals surface area contributed by atoms with Gasteiger partial charge < -0.3 is 24.9 Å². The van der Waals surface area contributed by atoms with Crippen LogP contribution >= 0.6 is 0 Å². The molecule has 8 nitrogen and oxygen atoms in total. The Kier molecular flexibility index (Phi) is 4.71. The number of aromatic nitrogens is 1. The Balaban J connectivity index is 1.65. The van der Waals surface area contributed by atoms with Crippen molar-refractivity contribution in [1.82, 2.24) is 10.3 Å². The van der Waals surface area contributed by atoms with Crippen molar-refractivity contribution in [1.29, 1.82) is 0 Å². The Morgan fingerprint density at radius 3 is 2.80 bits per heavy atom. The number of carboxylic acid groups (broad SMARTS) is 1. The summed E-state index contributed by atoms with van der Waals surface area (Å²) in [6, 6.07) is 6.37. The monoisotopic (exact) mass is 346 g/mol. The maximum atomic E-state index is 12.1. The first kappa shape index (κ1) is 17.0. The standard InChI is InChI=1S/C17H18N2O6/c1-2-24-17(23)14-13(25-14)15(20)19-12(16(21)22)7-9-8-18-11-6-4-3-5-10(9)11/h3-6,8,12-14,18H,2,7H2,1H3,(H,19,20)(H,21,22)/t12-,13?,14?/m0/s1. The predicted molar refractivity (Wildman–Crippen MR) is 86.9 cm³/mol. The lowest BCUT2D eigenvalue weighted by molar-refractivity contribution is -0.144. The fourth-order valence-electron chi connectivity index (χ4n) is 2.69. The molecule has 25 heavy (non-hydrogen) atoms. The van der Waals surface area contributed by atoms with Crippen LogP contribution in [0.2, 0.25) is 0 Å². The molecule has 0 radical (unpaired) electrons. The Labute approximate surface area is 143 Å². The average Bonchev–Trinajstić information content (AvgIpc) is 3.30. The highest BCUT2D eigenvalue weighted by atomic mass is 16.6. The number of para-hydroxylation sites is 1. The maximum absolute atomic E-state index is 12.1. The molecule has 132 valence electrons. The highest BCUT2D eigenvalue weighted by Crippen LogP contribution is 2.24. The summed E-state index contributed by atoms with van der Waals surface area (Å²) in [4.78, 5) is 38.2. The summed E-state index contributed by atoms with van der Waals surface area (Å²) in [6.45, 7) is 1.84. The number of hydrogen-bond acceptors (Lipinski definition) is 5. The summed E-state index contributed by atoms with van der Waals surface area (Å²) >= 11 is 0. The first-order chi connectivity index (χ1) is 12.0. The largest absolute Gasteiger partial charge is 0.480 e. The van der Waals surface area contributed by atoms with Gasteiger partial charge in [0.05, 0.1) is 6.61 Å². The number of carbonyl (C=O) groups is 3. The van der Waals surface area contributed by atoms with E-state index < -0.39 is 36.1 Å². The van der Waals surface area contributed by atoms with E-state index in [9.17, 15) is 19.5 Å². The van der Waals surface area contributed by atoms with E-state index >= 15 is 0 Å². The molecule has 2 heterocycles. The second-order valence-electron chi connectivity index (χ2n) is 5.69. The summed E-state index contributed by atoms with van der Waals surface area (Å²) in [6.07, 6.45) is -0.115. The molecular weight excluding hydrogens is 328 g/mol. The smallest absolute Gasteiger partial charge is 0.338 e. The highest BCUT2D eigenvalue weighted by Gasteiger charge is 2.52. The molecule has 1 aliphatic heterocycles. The number of carbonyl (C=O) groups excluding carboxylic acids is 2. The molecule has 1 fully saturated rings. The van der Waals surface area contributed by atoms with Crippen molar-refractivity contribution < 1.29 is 29.0 Å². The number of esters is 1.